The second-order valence-electron chi connectivity index (χ2n) is 4.93. The number of benzene rings is 2. The molecule has 0 fully saturated rings. The molecule has 0 aromatic heterocycles. The fourth-order valence-electron chi connectivity index (χ4n) is 2.02. The molecule has 0 bridgehead atoms. The van der Waals surface area contributed by atoms with E-state index < -0.39 is 27.2 Å². The number of para-hydroxylation sites is 1. The number of carbonyl (C=O) groups excluding carboxylic acids is 1. The van der Waals surface area contributed by atoms with Crippen molar-refractivity contribution in [1.82, 2.24) is 0 Å². The van der Waals surface area contributed by atoms with Crippen LogP contribution in [0, 0.1) is 0 Å². The van der Waals surface area contributed by atoms with Gasteiger partial charge in [0.15, 0.2) is 11.5 Å². The van der Waals surface area contributed by atoms with Gasteiger partial charge < -0.3 is 4.18 Å². The number of hydrogen-bond acceptors (Lipinski definition) is 4. The van der Waals surface area contributed by atoms with Crippen molar-refractivity contribution in [2.45, 2.75) is 12.4 Å². The Morgan fingerprint density at radius 2 is 1.76 bits per heavy atom. The van der Waals surface area contributed by atoms with Gasteiger partial charge in [-0.2, -0.15) is 21.6 Å². The van der Waals surface area contributed by atoms with Crippen LogP contribution in [-0.2, 0) is 10.1 Å². The van der Waals surface area contributed by atoms with Gasteiger partial charge in [0.05, 0.1) is 5.56 Å². The summed E-state index contributed by atoms with van der Waals surface area (Å²) in [6.07, 6.45) is 3.50. The Morgan fingerprint density at radius 3 is 2.40 bits per heavy atom. The Bertz CT molecular complexity index is 915. The van der Waals surface area contributed by atoms with Crippen LogP contribution in [0.2, 0.25) is 0 Å². The highest BCUT2D eigenvalue weighted by Gasteiger charge is 2.48. The summed E-state index contributed by atoms with van der Waals surface area (Å²) in [7, 11) is -5.87. The molecule has 0 aliphatic rings. The second-order valence-corrected chi connectivity index (χ2v) is 6.47. The van der Waals surface area contributed by atoms with E-state index in [0.717, 1.165) is 11.6 Å². The molecule has 0 saturated carbocycles. The fraction of sp³-hybridized carbons (Fsp3) is 0.118. The minimum Gasteiger partial charge on any atom is -0.375 e. The molecule has 0 spiro atoms. The summed E-state index contributed by atoms with van der Waals surface area (Å²) in [5, 5.41) is 0. The Kier molecular flexibility index (Phi) is 5.32. The number of allylic oxidation sites excluding steroid dienone is 1. The zero-order valence-corrected chi connectivity index (χ0v) is 13.8. The summed E-state index contributed by atoms with van der Waals surface area (Å²) in [4.78, 5) is 12.6. The maximum Gasteiger partial charge on any atom is 0.534 e. The van der Waals surface area contributed by atoms with Crippen LogP contribution in [0.4, 0.5) is 13.2 Å². The Hall–Kier alpha value is -2.61. The van der Waals surface area contributed by atoms with Gasteiger partial charge >= 0.3 is 15.6 Å². The topological polar surface area (TPSA) is 60.4 Å². The van der Waals surface area contributed by atoms with Crippen LogP contribution in [0.15, 0.2) is 54.6 Å². The smallest absolute Gasteiger partial charge is 0.375 e. The summed E-state index contributed by atoms with van der Waals surface area (Å²) in [6, 6.07) is 11.2. The molecule has 132 valence electrons. The zero-order valence-electron chi connectivity index (χ0n) is 12.9. The van der Waals surface area contributed by atoms with Crippen LogP contribution in [-0.4, -0.2) is 19.7 Å². The van der Waals surface area contributed by atoms with E-state index >= 15 is 0 Å². The number of halogens is 3. The van der Waals surface area contributed by atoms with Gasteiger partial charge in [-0.3, -0.25) is 4.79 Å². The van der Waals surface area contributed by atoms with E-state index in [-0.39, 0.29) is 11.1 Å². The van der Waals surface area contributed by atoms with Crippen molar-refractivity contribution in [3.8, 4) is 5.75 Å². The highest BCUT2D eigenvalue weighted by Crippen LogP contribution is 2.30. The summed E-state index contributed by atoms with van der Waals surface area (Å²) >= 11 is 0. The summed E-state index contributed by atoms with van der Waals surface area (Å²) in [5.41, 5.74) is -4.96. The number of alkyl halides is 3. The molecule has 2 rings (SSSR count). The molecule has 0 radical (unpaired) electrons. The standard InChI is InChI=1S/C17H13F3O4S/c1-2-6-12-7-5-8-13(11-12)16(21)14-9-3-4-10-15(14)24-25(22,23)17(18,19)20/h2-11H,1H3. The number of hydrogen-bond donors (Lipinski definition) is 0. The fourth-order valence-corrected chi connectivity index (χ4v) is 2.50. The SMILES string of the molecule is CC=Cc1cccc(C(=O)c2ccccc2OS(=O)(=O)C(F)(F)F)c1. The van der Waals surface area contributed by atoms with Crippen LogP contribution in [0.25, 0.3) is 6.08 Å². The average molecular weight is 370 g/mol. The molecule has 2 aromatic rings. The van der Waals surface area contributed by atoms with Crippen molar-refractivity contribution in [3.63, 3.8) is 0 Å². The highest BCUT2D eigenvalue weighted by molar-refractivity contribution is 7.88. The van der Waals surface area contributed by atoms with Crippen molar-refractivity contribution in [2.75, 3.05) is 0 Å². The van der Waals surface area contributed by atoms with Crippen molar-refractivity contribution < 1.29 is 30.6 Å². The lowest BCUT2D eigenvalue weighted by Gasteiger charge is -2.12. The maximum absolute atomic E-state index is 12.6. The van der Waals surface area contributed by atoms with E-state index in [1.165, 1.54) is 30.3 Å². The lowest BCUT2D eigenvalue weighted by Crippen LogP contribution is -2.28. The minimum atomic E-state index is -5.87. The van der Waals surface area contributed by atoms with Crippen LogP contribution in [0.5, 0.6) is 5.75 Å². The average Bonchev–Trinajstić information content (AvgIpc) is 2.54. The summed E-state index contributed by atoms with van der Waals surface area (Å²) in [6.45, 7) is 1.79. The molecule has 0 N–H and O–H groups in total. The van der Waals surface area contributed by atoms with Gasteiger partial charge in [0.25, 0.3) is 0 Å². The molecule has 8 heteroatoms. The van der Waals surface area contributed by atoms with Crippen molar-refractivity contribution in [3.05, 3.63) is 71.3 Å². The molecular weight excluding hydrogens is 357 g/mol. The van der Waals surface area contributed by atoms with E-state index in [0.29, 0.717) is 0 Å². The molecule has 0 unspecified atom stereocenters. The van der Waals surface area contributed by atoms with Gasteiger partial charge in [-0.05, 0) is 30.7 Å². The summed E-state index contributed by atoms with van der Waals surface area (Å²) < 4.78 is 64.1. The lowest BCUT2D eigenvalue weighted by atomic mass is 10.0. The molecular formula is C17H13F3O4S. The molecule has 0 amide bonds. The second kappa shape index (κ2) is 7.10. The molecule has 2 aromatic carbocycles. The predicted molar refractivity (Wildman–Crippen MR) is 86.6 cm³/mol. The van der Waals surface area contributed by atoms with Crippen LogP contribution >= 0.6 is 0 Å². The minimum absolute atomic E-state index is 0.191. The van der Waals surface area contributed by atoms with Gasteiger partial charge in [-0.1, -0.05) is 42.5 Å². The van der Waals surface area contributed by atoms with Crippen LogP contribution in [0.1, 0.15) is 28.4 Å². The zero-order chi connectivity index (χ0) is 18.7. The first kappa shape index (κ1) is 18.7. The number of rotatable bonds is 5. The Labute approximate surface area is 142 Å². The van der Waals surface area contributed by atoms with Crippen molar-refractivity contribution in [2.24, 2.45) is 0 Å². The van der Waals surface area contributed by atoms with E-state index in [9.17, 15) is 26.4 Å². The molecule has 0 aliphatic carbocycles. The van der Waals surface area contributed by atoms with Crippen LogP contribution < -0.4 is 4.18 Å². The first-order valence-corrected chi connectivity index (χ1v) is 8.44. The Morgan fingerprint density at radius 1 is 1.08 bits per heavy atom. The van der Waals surface area contributed by atoms with E-state index in [1.807, 2.05) is 0 Å². The van der Waals surface area contributed by atoms with Gasteiger partial charge in [0.2, 0.25) is 0 Å². The maximum atomic E-state index is 12.6. The van der Waals surface area contributed by atoms with Gasteiger partial charge in [0, 0.05) is 5.56 Å². The third kappa shape index (κ3) is 4.27. The van der Waals surface area contributed by atoms with E-state index in [2.05, 4.69) is 4.18 Å². The molecule has 0 atom stereocenters. The normalized spacial score (nSPS) is 12.3. The highest BCUT2D eigenvalue weighted by atomic mass is 32.2. The van der Waals surface area contributed by atoms with Crippen molar-refractivity contribution >= 4 is 22.0 Å². The molecule has 25 heavy (non-hydrogen) atoms. The Balaban J connectivity index is 2.44. The largest absolute Gasteiger partial charge is 0.534 e. The predicted octanol–water partition coefficient (Wildman–Crippen LogP) is 4.18. The quantitative estimate of drug-likeness (QED) is 0.450. The monoisotopic (exact) mass is 370 g/mol. The summed E-state index contributed by atoms with van der Waals surface area (Å²) in [5.74, 6) is -1.33. The third-order valence-corrected chi connectivity index (χ3v) is 4.09. The van der Waals surface area contributed by atoms with Crippen LogP contribution in [0.3, 0.4) is 0 Å². The number of carbonyl (C=O) groups is 1. The van der Waals surface area contributed by atoms with Gasteiger partial charge in [0.1, 0.15) is 0 Å². The first-order chi connectivity index (χ1) is 11.7. The third-order valence-electron chi connectivity index (χ3n) is 3.12. The first-order valence-electron chi connectivity index (χ1n) is 7.03. The molecule has 0 aliphatic heterocycles. The number of ketones is 1. The van der Waals surface area contributed by atoms with Gasteiger partial charge in [-0.25, -0.2) is 0 Å². The molecule has 4 nitrogen and oxygen atoms in total. The van der Waals surface area contributed by atoms with Crippen molar-refractivity contribution in [1.29, 1.82) is 0 Å². The van der Waals surface area contributed by atoms with Gasteiger partial charge in [-0.15, -0.1) is 0 Å². The lowest BCUT2D eigenvalue weighted by molar-refractivity contribution is -0.0500. The van der Waals surface area contributed by atoms with E-state index in [1.54, 1.807) is 31.2 Å². The molecule has 0 saturated heterocycles. The van der Waals surface area contributed by atoms with E-state index in [4.69, 9.17) is 0 Å². The molecule has 0 heterocycles.